The van der Waals surface area contributed by atoms with Crippen LogP contribution in [-0.2, 0) is 6.42 Å². The smallest absolute Gasteiger partial charge is 0.337 e. The van der Waals surface area contributed by atoms with Crippen LogP contribution < -0.4 is 14.8 Å². The van der Waals surface area contributed by atoms with Crippen LogP contribution in [0.2, 0.25) is 0 Å². The Labute approximate surface area is 208 Å². The lowest BCUT2D eigenvalue weighted by atomic mass is 9.96. The first-order valence-corrected chi connectivity index (χ1v) is 11.2. The first kappa shape index (κ1) is 24.3. The third-order valence-corrected chi connectivity index (χ3v) is 5.84. The number of ether oxygens (including phenoxy) is 2. The fourth-order valence-electron chi connectivity index (χ4n) is 4.10. The summed E-state index contributed by atoms with van der Waals surface area (Å²) in [6.07, 6.45) is 0.447. The molecule has 0 saturated carbocycles. The van der Waals surface area contributed by atoms with Crippen molar-refractivity contribution in [1.29, 1.82) is 0 Å². The normalized spacial score (nSPS) is 10.5. The van der Waals surface area contributed by atoms with Crippen LogP contribution in [0.4, 0.5) is 11.4 Å². The summed E-state index contributed by atoms with van der Waals surface area (Å²) in [7, 11) is 3.15. The van der Waals surface area contributed by atoms with Crippen molar-refractivity contribution in [2.24, 2.45) is 0 Å². The van der Waals surface area contributed by atoms with Crippen molar-refractivity contribution in [3.63, 3.8) is 0 Å². The number of carboxylic acids is 2. The SMILES string of the molecule is COc1cc(Cc2ccccc2C(=O)O)ccc1-c1ccc(Nc2ccccc2C(=O)O)cc1OC. The van der Waals surface area contributed by atoms with Gasteiger partial charge in [0, 0.05) is 22.9 Å². The number of rotatable bonds is 9. The lowest BCUT2D eigenvalue weighted by Crippen LogP contribution is -2.03. The van der Waals surface area contributed by atoms with Gasteiger partial charge in [0.05, 0.1) is 31.0 Å². The standard InChI is InChI=1S/C29H25NO6/c1-35-26-16-18(15-19-7-3-4-8-21(19)28(31)32)11-13-22(26)23-14-12-20(17-27(23)36-2)30-25-10-6-5-9-24(25)29(33)34/h3-14,16-17,30H,15H2,1-2H3,(H,31,32)(H,33,34). The molecule has 7 heteroatoms. The van der Waals surface area contributed by atoms with Crippen LogP contribution in [0.25, 0.3) is 11.1 Å². The van der Waals surface area contributed by atoms with Crippen molar-refractivity contribution >= 4 is 23.3 Å². The van der Waals surface area contributed by atoms with E-state index in [2.05, 4.69) is 5.32 Å². The molecule has 0 aliphatic rings. The molecule has 0 unspecified atom stereocenters. The van der Waals surface area contributed by atoms with Gasteiger partial charge in [-0.1, -0.05) is 42.5 Å². The van der Waals surface area contributed by atoms with Crippen molar-refractivity contribution in [3.8, 4) is 22.6 Å². The molecule has 0 aromatic heterocycles. The van der Waals surface area contributed by atoms with Crippen molar-refractivity contribution in [3.05, 3.63) is 107 Å². The molecule has 0 amide bonds. The summed E-state index contributed by atoms with van der Waals surface area (Å²) in [4.78, 5) is 23.1. The van der Waals surface area contributed by atoms with Crippen LogP contribution in [0.15, 0.2) is 84.9 Å². The van der Waals surface area contributed by atoms with Crippen LogP contribution in [0.5, 0.6) is 11.5 Å². The first-order valence-electron chi connectivity index (χ1n) is 11.2. The van der Waals surface area contributed by atoms with Gasteiger partial charge in [0.1, 0.15) is 11.5 Å². The number of carboxylic acid groups (broad SMARTS) is 2. The largest absolute Gasteiger partial charge is 0.496 e. The van der Waals surface area contributed by atoms with Crippen molar-refractivity contribution in [2.75, 3.05) is 19.5 Å². The molecule has 4 aromatic rings. The molecule has 4 rings (SSSR count). The molecule has 0 spiro atoms. The zero-order valence-electron chi connectivity index (χ0n) is 19.8. The fraction of sp³-hybridized carbons (Fsp3) is 0.103. The Bertz CT molecular complexity index is 1320. The highest BCUT2D eigenvalue weighted by Gasteiger charge is 2.16. The summed E-state index contributed by atoms with van der Waals surface area (Å²) >= 11 is 0. The molecule has 0 atom stereocenters. The molecule has 0 aliphatic heterocycles. The minimum atomic E-state index is -1.02. The van der Waals surface area contributed by atoms with Gasteiger partial charge in [-0.05, 0) is 53.9 Å². The van der Waals surface area contributed by atoms with Gasteiger partial charge in [-0.15, -0.1) is 0 Å². The quantitative estimate of drug-likeness (QED) is 0.264. The fourth-order valence-corrected chi connectivity index (χ4v) is 4.10. The maximum atomic E-state index is 11.6. The molecular weight excluding hydrogens is 458 g/mol. The Morgan fingerprint density at radius 2 is 1.31 bits per heavy atom. The summed E-state index contributed by atoms with van der Waals surface area (Å²) in [6, 6.07) is 24.9. The molecule has 0 aliphatic carbocycles. The van der Waals surface area contributed by atoms with Gasteiger partial charge < -0.3 is 25.0 Å². The van der Waals surface area contributed by atoms with Crippen LogP contribution in [0, 0.1) is 0 Å². The van der Waals surface area contributed by atoms with Gasteiger partial charge in [0.25, 0.3) is 0 Å². The third-order valence-electron chi connectivity index (χ3n) is 5.84. The lowest BCUT2D eigenvalue weighted by Gasteiger charge is -2.16. The van der Waals surface area contributed by atoms with Gasteiger partial charge in [-0.25, -0.2) is 9.59 Å². The number of carbonyl (C=O) groups is 2. The average molecular weight is 484 g/mol. The minimum absolute atomic E-state index is 0.169. The Kier molecular flexibility index (Phi) is 7.20. The predicted molar refractivity (Wildman–Crippen MR) is 138 cm³/mol. The van der Waals surface area contributed by atoms with E-state index in [0.717, 1.165) is 22.3 Å². The summed E-state index contributed by atoms with van der Waals surface area (Å²) in [6.45, 7) is 0. The number of aromatic carboxylic acids is 2. The zero-order valence-corrected chi connectivity index (χ0v) is 19.8. The van der Waals surface area contributed by atoms with Crippen molar-refractivity contribution in [2.45, 2.75) is 6.42 Å². The van der Waals surface area contributed by atoms with Crippen molar-refractivity contribution in [1.82, 2.24) is 0 Å². The molecular formula is C29H25NO6. The van der Waals surface area contributed by atoms with E-state index in [0.29, 0.717) is 29.3 Å². The van der Waals surface area contributed by atoms with Gasteiger partial charge in [-0.2, -0.15) is 0 Å². The first-order chi connectivity index (χ1) is 17.4. The van der Waals surface area contributed by atoms with Crippen LogP contribution in [-0.4, -0.2) is 36.4 Å². The van der Waals surface area contributed by atoms with Crippen LogP contribution in [0.1, 0.15) is 31.8 Å². The number of para-hydroxylation sites is 1. The molecule has 0 heterocycles. The highest BCUT2D eigenvalue weighted by Crippen LogP contribution is 2.39. The Hall–Kier alpha value is -4.78. The average Bonchev–Trinajstić information content (AvgIpc) is 2.89. The van der Waals surface area contributed by atoms with E-state index < -0.39 is 11.9 Å². The molecule has 0 bridgehead atoms. The second-order valence-corrected chi connectivity index (χ2v) is 8.06. The van der Waals surface area contributed by atoms with E-state index >= 15 is 0 Å². The van der Waals surface area contributed by atoms with Gasteiger partial charge in [0.15, 0.2) is 0 Å². The second-order valence-electron chi connectivity index (χ2n) is 8.06. The number of nitrogens with one attached hydrogen (secondary N) is 1. The lowest BCUT2D eigenvalue weighted by molar-refractivity contribution is 0.0686. The van der Waals surface area contributed by atoms with Crippen LogP contribution in [0.3, 0.4) is 0 Å². The second kappa shape index (κ2) is 10.7. The van der Waals surface area contributed by atoms with E-state index in [1.807, 2.05) is 36.4 Å². The number of hydrogen-bond acceptors (Lipinski definition) is 5. The highest BCUT2D eigenvalue weighted by atomic mass is 16.5. The summed E-state index contributed by atoms with van der Waals surface area (Å²) < 4.78 is 11.3. The minimum Gasteiger partial charge on any atom is -0.496 e. The van der Waals surface area contributed by atoms with E-state index in [4.69, 9.17) is 9.47 Å². The monoisotopic (exact) mass is 483 g/mol. The molecule has 0 fully saturated rings. The molecule has 0 saturated heterocycles. The third kappa shape index (κ3) is 5.15. The number of hydrogen-bond donors (Lipinski definition) is 3. The molecule has 3 N–H and O–H groups in total. The topological polar surface area (TPSA) is 105 Å². The summed E-state index contributed by atoms with van der Waals surface area (Å²) in [5, 5.41) is 22.1. The van der Waals surface area contributed by atoms with E-state index in [1.54, 1.807) is 56.7 Å². The van der Waals surface area contributed by atoms with Crippen molar-refractivity contribution < 1.29 is 29.3 Å². The maximum Gasteiger partial charge on any atom is 0.337 e. The van der Waals surface area contributed by atoms with Gasteiger partial charge in [0.2, 0.25) is 0 Å². The number of benzene rings is 4. The molecule has 0 radical (unpaired) electrons. The molecule has 4 aromatic carbocycles. The molecule has 182 valence electrons. The van der Waals surface area contributed by atoms with E-state index in [-0.39, 0.29) is 11.1 Å². The zero-order chi connectivity index (χ0) is 25.7. The number of methoxy groups -OCH3 is 2. The summed E-state index contributed by atoms with van der Waals surface area (Å²) in [5.41, 5.74) is 4.82. The van der Waals surface area contributed by atoms with Gasteiger partial charge in [-0.3, -0.25) is 0 Å². The van der Waals surface area contributed by atoms with E-state index in [9.17, 15) is 19.8 Å². The Morgan fingerprint density at radius 1 is 0.722 bits per heavy atom. The highest BCUT2D eigenvalue weighted by molar-refractivity contribution is 5.95. The number of anilines is 2. The Balaban J connectivity index is 1.65. The van der Waals surface area contributed by atoms with Crippen LogP contribution >= 0.6 is 0 Å². The Morgan fingerprint density at radius 3 is 1.97 bits per heavy atom. The predicted octanol–water partition coefficient (Wildman–Crippen LogP) is 6.10. The maximum absolute atomic E-state index is 11.6. The van der Waals surface area contributed by atoms with Gasteiger partial charge >= 0.3 is 11.9 Å². The summed E-state index contributed by atoms with van der Waals surface area (Å²) in [5.74, 6) is -0.776. The van der Waals surface area contributed by atoms with E-state index in [1.165, 1.54) is 6.07 Å². The molecule has 7 nitrogen and oxygen atoms in total. The molecule has 36 heavy (non-hydrogen) atoms.